The minimum absolute atomic E-state index is 0.363. The van der Waals surface area contributed by atoms with Crippen LogP contribution in [0.5, 0.6) is 0 Å². The molecule has 2 aromatic heterocycles. The van der Waals surface area contributed by atoms with E-state index in [-0.39, 0.29) is 0 Å². The van der Waals surface area contributed by atoms with Gasteiger partial charge in [0.2, 0.25) is 0 Å². The minimum Gasteiger partial charge on any atom is -0.379 e. The van der Waals surface area contributed by atoms with Crippen molar-refractivity contribution in [2.75, 3.05) is 18.5 Å². The summed E-state index contributed by atoms with van der Waals surface area (Å²) in [6.07, 6.45) is 7.63. The van der Waals surface area contributed by atoms with Crippen molar-refractivity contribution in [3.05, 3.63) is 24.7 Å². The highest BCUT2D eigenvalue weighted by Gasteiger charge is 2.15. The molecular formula is C11H14N4O. The van der Waals surface area contributed by atoms with Crippen molar-refractivity contribution in [1.82, 2.24) is 14.6 Å². The van der Waals surface area contributed by atoms with E-state index in [2.05, 4.69) is 15.4 Å². The van der Waals surface area contributed by atoms with Crippen molar-refractivity contribution in [2.45, 2.75) is 18.9 Å². The number of ether oxygens (including phenoxy) is 1. The Balaban J connectivity index is 1.85. The van der Waals surface area contributed by atoms with E-state index in [1.54, 1.807) is 12.4 Å². The summed E-state index contributed by atoms with van der Waals surface area (Å²) in [6, 6.07) is 2.32. The number of aromatic nitrogens is 3. The third-order valence-electron chi connectivity index (χ3n) is 2.83. The van der Waals surface area contributed by atoms with E-state index >= 15 is 0 Å². The third kappa shape index (κ3) is 1.74. The lowest BCUT2D eigenvalue weighted by molar-refractivity contribution is 0.0875. The van der Waals surface area contributed by atoms with Crippen LogP contribution in [0.2, 0.25) is 0 Å². The molecule has 2 aromatic rings. The number of hydrogen-bond acceptors (Lipinski definition) is 4. The molecule has 1 N–H and O–H groups in total. The van der Waals surface area contributed by atoms with Gasteiger partial charge in [-0.2, -0.15) is 5.10 Å². The molecule has 1 unspecified atom stereocenters. The number of nitrogens with one attached hydrogen (secondary N) is 1. The Labute approximate surface area is 93.4 Å². The molecule has 16 heavy (non-hydrogen) atoms. The lowest BCUT2D eigenvalue weighted by Gasteiger charge is -2.23. The number of rotatable bonds is 2. The Morgan fingerprint density at radius 1 is 1.44 bits per heavy atom. The summed E-state index contributed by atoms with van der Waals surface area (Å²) in [6.45, 7) is 1.64. The number of hydrogen-bond donors (Lipinski definition) is 1. The lowest BCUT2D eigenvalue weighted by atomic mass is 10.1. The standard InChI is InChI=1S/C11H14N4O/c1-2-9(8-16-7-1)14-11-10-3-4-13-15(10)6-5-12-11/h3-6,9H,1-2,7-8H2,(H,12,14). The molecule has 5 heteroatoms. The van der Waals surface area contributed by atoms with E-state index in [1.165, 1.54) is 0 Å². The summed E-state index contributed by atoms with van der Waals surface area (Å²) in [4.78, 5) is 4.35. The number of anilines is 1. The predicted octanol–water partition coefficient (Wildman–Crippen LogP) is 1.32. The molecule has 5 nitrogen and oxygen atoms in total. The summed E-state index contributed by atoms with van der Waals surface area (Å²) in [7, 11) is 0. The molecular weight excluding hydrogens is 204 g/mol. The third-order valence-corrected chi connectivity index (χ3v) is 2.83. The Kier molecular flexibility index (Phi) is 2.46. The SMILES string of the molecule is c1cn2nccc2c(NC2CCCOC2)n1. The van der Waals surface area contributed by atoms with Gasteiger partial charge in [0.25, 0.3) is 0 Å². The van der Waals surface area contributed by atoms with Gasteiger partial charge in [-0.25, -0.2) is 9.50 Å². The first-order chi connectivity index (χ1) is 7.93. The summed E-state index contributed by atoms with van der Waals surface area (Å²) < 4.78 is 7.25. The number of nitrogens with zero attached hydrogens (tertiary/aromatic N) is 3. The fourth-order valence-corrected chi connectivity index (χ4v) is 2.02. The van der Waals surface area contributed by atoms with Gasteiger partial charge in [-0.05, 0) is 18.9 Å². The van der Waals surface area contributed by atoms with Crippen molar-refractivity contribution < 1.29 is 4.74 Å². The van der Waals surface area contributed by atoms with Crippen LogP contribution in [-0.4, -0.2) is 33.9 Å². The van der Waals surface area contributed by atoms with E-state index in [4.69, 9.17) is 4.74 Å². The van der Waals surface area contributed by atoms with Crippen molar-refractivity contribution in [3.63, 3.8) is 0 Å². The Morgan fingerprint density at radius 3 is 3.31 bits per heavy atom. The van der Waals surface area contributed by atoms with E-state index in [1.807, 2.05) is 16.8 Å². The predicted molar refractivity (Wildman–Crippen MR) is 60.5 cm³/mol. The maximum atomic E-state index is 5.44. The van der Waals surface area contributed by atoms with Crippen LogP contribution in [0.25, 0.3) is 5.52 Å². The average molecular weight is 218 g/mol. The molecule has 1 saturated heterocycles. The van der Waals surface area contributed by atoms with Gasteiger partial charge in [0.1, 0.15) is 5.52 Å². The maximum Gasteiger partial charge on any atom is 0.152 e. The molecule has 0 radical (unpaired) electrons. The molecule has 0 spiro atoms. The molecule has 1 atom stereocenters. The molecule has 1 fully saturated rings. The zero-order chi connectivity index (χ0) is 10.8. The van der Waals surface area contributed by atoms with Gasteiger partial charge < -0.3 is 10.1 Å². The van der Waals surface area contributed by atoms with Crippen LogP contribution >= 0.6 is 0 Å². The largest absolute Gasteiger partial charge is 0.379 e. The molecule has 0 aliphatic carbocycles. The van der Waals surface area contributed by atoms with E-state index in [0.29, 0.717) is 6.04 Å². The van der Waals surface area contributed by atoms with Crippen LogP contribution in [0.3, 0.4) is 0 Å². The molecule has 0 aromatic carbocycles. The van der Waals surface area contributed by atoms with E-state index in [0.717, 1.165) is 37.4 Å². The van der Waals surface area contributed by atoms with Gasteiger partial charge in [0.15, 0.2) is 5.82 Å². The highest BCUT2D eigenvalue weighted by molar-refractivity contribution is 5.67. The monoisotopic (exact) mass is 218 g/mol. The van der Waals surface area contributed by atoms with Crippen LogP contribution in [0, 0.1) is 0 Å². The first kappa shape index (κ1) is 9.59. The normalized spacial score (nSPS) is 21.1. The first-order valence-electron chi connectivity index (χ1n) is 5.56. The average Bonchev–Trinajstić information content (AvgIpc) is 2.80. The van der Waals surface area contributed by atoms with Crippen LogP contribution in [0.4, 0.5) is 5.82 Å². The molecule has 0 saturated carbocycles. The van der Waals surface area contributed by atoms with Gasteiger partial charge in [-0.3, -0.25) is 0 Å². The van der Waals surface area contributed by atoms with Crippen molar-refractivity contribution in [3.8, 4) is 0 Å². The Hall–Kier alpha value is -1.62. The molecule has 84 valence electrons. The quantitative estimate of drug-likeness (QED) is 0.826. The molecule has 0 bridgehead atoms. The van der Waals surface area contributed by atoms with Gasteiger partial charge >= 0.3 is 0 Å². The summed E-state index contributed by atoms with van der Waals surface area (Å²) in [5.74, 6) is 0.885. The fourth-order valence-electron chi connectivity index (χ4n) is 2.02. The van der Waals surface area contributed by atoms with Crippen LogP contribution in [0.1, 0.15) is 12.8 Å². The molecule has 1 aliphatic rings. The Morgan fingerprint density at radius 2 is 2.44 bits per heavy atom. The summed E-state index contributed by atoms with van der Waals surface area (Å²) in [5.41, 5.74) is 1.01. The van der Waals surface area contributed by atoms with Crippen LogP contribution in [0.15, 0.2) is 24.7 Å². The molecule has 3 rings (SSSR count). The molecule has 3 heterocycles. The number of fused-ring (bicyclic) bond motifs is 1. The second-order valence-corrected chi connectivity index (χ2v) is 4.00. The maximum absolute atomic E-state index is 5.44. The highest BCUT2D eigenvalue weighted by atomic mass is 16.5. The Bertz CT molecular complexity index is 476. The van der Waals surface area contributed by atoms with Gasteiger partial charge in [0, 0.05) is 19.0 Å². The van der Waals surface area contributed by atoms with Crippen molar-refractivity contribution >= 4 is 11.3 Å². The second kappa shape index (κ2) is 4.09. The van der Waals surface area contributed by atoms with Gasteiger partial charge in [-0.15, -0.1) is 0 Å². The van der Waals surface area contributed by atoms with Gasteiger partial charge in [0.05, 0.1) is 18.8 Å². The minimum atomic E-state index is 0.363. The molecule has 1 aliphatic heterocycles. The summed E-state index contributed by atoms with van der Waals surface area (Å²) in [5, 5.41) is 7.59. The van der Waals surface area contributed by atoms with E-state index in [9.17, 15) is 0 Å². The lowest BCUT2D eigenvalue weighted by Crippen LogP contribution is -2.30. The second-order valence-electron chi connectivity index (χ2n) is 4.00. The van der Waals surface area contributed by atoms with Crippen molar-refractivity contribution in [2.24, 2.45) is 0 Å². The zero-order valence-electron chi connectivity index (χ0n) is 8.97. The smallest absolute Gasteiger partial charge is 0.152 e. The highest BCUT2D eigenvalue weighted by Crippen LogP contribution is 2.16. The van der Waals surface area contributed by atoms with Crippen LogP contribution in [-0.2, 0) is 4.74 Å². The topological polar surface area (TPSA) is 51.5 Å². The van der Waals surface area contributed by atoms with Crippen molar-refractivity contribution in [1.29, 1.82) is 0 Å². The van der Waals surface area contributed by atoms with E-state index < -0.39 is 0 Å². The molecule has 0 amide bonds. The fraction of sp³-hybridized carbons (Fsp3) is 0.455. The summed E-state index contributed by atoms with van der Waals surface area (Å²) >= 11 is 0. The first-order valence-corrected chi connectivity index (χ1v) is 5.56. The van der Waals surface area contributed by atoms with Crippen LogP contribution < -0.4 is 5.32 Å². The van der Waals surface area contributed by atoms with Gasteiger partial charge in [-0.1, -0.05) is 0 Å². The zero-order valence-corrected chi connectivity index (χ0v) is 8.97.